The first kappa shape index (κ1) is 16.0. The fraction of sp³-hybridized carbons (Fsp3) is 0.688. The number of likely N-dealkylation sites (tertiary alicyclic amines) is 1. The number of nitrogens with one attached hydrogen (secondary N) is 1. The summed E-state index contributed by atoms with van der Waals surface area (Å²) in [5.41, 5.74) is 1.47. The van der Waals surface area contributed by atoms with Gasteiger partial charge in [0.2, 0.25) is 5.91 Å². The lowest BCUT2D eigenvalue weighted by Crippen LogP contribution is -2.43. The Balaban J connectivity index is 1.78. The molecule has 2 aliphatic rings. The minimum atomic E-state index is -0.172. The number of ether oxygens (including phenoxy) is 1. The van der Waals surface area contributed by atoms with Gasteiger partial charge >= 0.3 is 0 Å². The second kappa shape index (κ2) is 6.31. The normalized spacial score (nSPS) is 26.9. The lowest BCUT2D eigenvalue weighted by molar-refractivity contribution is -0.133. The van der Waals surface area contributed by atoms with Crippen LogP contribution in [0.25, 0.3) is 0 Å². The van der Waals surface area contributed by atoms with Crippen molar-refractivity contribution >= 4 is 11.8 Å². The molecule has 3 heterocycles. The Morgan fingerprint density at radius 2 is 2.17 bits per heavy atom. The Bertz CT molecular complexity index is 612. The second-order valence-electron chi connectivity index (χ2n) is 6.38. The largest absolute Gasteiger partial charge is 0.380 e. The zero-order valence-electron chi connectivity index (χ0n) is 13.9. The molecular weight excluding hydrogens is 296 g/mol. The van der Waals surface area contributed by atoms with E-state index in [-0.39, 0.29) is 29.6 Å². The van der Waals surface area contributed by atoms with Gasteiger partial charge in [-0.1, -0.05) is 0 Å². The summed E-state index contributed by atoms with van der Waals surface area (Å²) in [7, 11) is 1.65. The average Bonchev–Trinajstić information content (AvgIpc) is 3.16. The van der Waals surface area contributed by atoms with Crippen molar-refractivity contribution in [1.29, 1.82) is 0 Å². The predicted molar refractivity (Wildman–Crippen MR) is 83.9 cm³/mol. The monoisotopic (exact) mass is 320 g/mol. The molecule has 23 heavy (non-hydrogen) atoms. The zero-order chi connectivity index (χ0) is 16.6. The molecule has 0 aliphatic carbocycles. The standard InChI is InChI=1S/C16H24N4O3/c1-4-20-14(5-10(2)18-20)16(22)19-6-11-8-23-9-13(12(11)7-19)15(21)17-3/h5,11-13H,4,6-9H2,1-3H3,(H,17,21)/t11-,12-,13-/m1/s1. The smallest absolute Gasteiger partial charge is 0.272 e. The highest BCUT2D eigenvalue weighted by Gasteiger charge is 2.45. The van der Waals surface area contributed by atoms with Crippen LogP contribution in [0.15, 0.2) is 6.07 Å². The van der Waals surface area contributed by atoms with Crippen LogP contribution in [0.1, 0.15) is 23.1 Å². The number of fused-ring (bicyclic) bond motifs is 1. The fourth-order valence-corrected chi connectivity index (χ4v) is 3.74. The molecule has 7 nitrogen and oxygen atoms in total. The molecule has 3 atom stereocenters. The number of nitrogens with zero attached hydrogens (tertiary/aromatic N) is 3. The number of carbonyl (C=O) groups is 2. The third kappa shape index (κ3) is 2.85. The van der Waals surface area contributed by atoms with E-state index in [1.165, 1.54) is 0 Å². The Labute approximate surface area is 136 Å². The molecule has 2 saturated heterocycles. The summed E-state index contributed by atoms with van der Waals surface area (Å²) in [6.45, 7) is 6.84. The van der Waals surface area contributed by atoms with Gasteiger partial charge in [0, 0.05) is 32.6 Å². The summed E-state index contributed by atoms with van der Waals surface area (Å²) < 4.78 is 7.33. The summed E-state index contributed by atoms with van der Waals surface area (Å²) in [5.74, 6) is 0.233. The highest BCUT2D eigenvalue weighted by atomic mass is 16.5. The van der Waals surface area contributed by atoms with Crippen LogP contribution in [0.5, 0.6) is 0 Å². The quantitative estimate of drug-likeness (QED) is 0.868. The van der Waals surface area contributed by atoms with Gasteiger partial charge in [-0.25, -0.2) is 0 Å². The highest BCUT2D eigenvalue weighted by molar-refractivity contribution is 5.93. The van der Waals surface area contributed by atoms with E-state index in [4.69, 9.17) is 4.74 Å². The van der Waals surface area contributed by atoms with Crippen molar-refractivity contribution in [2.75, 3.05) is 33.4 Å². The van der Waals surface area contributed by atoms with Gasteiger partial charge in [0.1, 0.15) is 5.69 Å². The topological polar surface area (TPSA) is 76.5 Å². The molecule has 126 valence electrons. The summed E-state index contributed by atoms with van der Waals surface area (Å²) >= 11 is 0. The average molecular weight is 320 g/mol. The Kier molecular flexibility index (Phi) is 4.39. The predicted octanol–water partition coefficient (Wildman–Crippen LogP) is 0.292. The molecule has 2 amide bonds. The van der Waals surface area contributed by atoms with E-state index in [1.54, 1.807) is 11.7 Å². The zero-order valence-corrected chi connectivity index (χ0v) is 13.9. The van der Waals surface area contributed by atoms with Crippen LogP contribution in [0.3, 0.4) is 0 Å². The van der Waals surface area contributed by atoms with E-state index >= 15 is 0 Å². The molecule has 0 unspecified atom stereocenters. The first-order chi connectivity index (χ1) is 11.0. The second-order valence-corrected chi connectivity index (χ2v) is 6.38. The SMILES string of the molecule is CCn1nc(C)cc1C(=O)N1C[C@@H]2COC[C@@H](C(=O)NC)[C@@H]2C1. The van der Waals surface area contributed by atoms with E-state index in [2.05, 4.69) is 10.4 Å². The Morgan fingerprint density at radius 1 is 1.39 bits per heavy atom. The van der Waals surface area contributed by atoms with Gasteiger partial charge in [-0.15, -0.1) is 0 Å². The molecule has 0 radical (unpaired) electrons. The van der Waals surface area contributed by atoms with Crippen LogP contribution in [0.4, 0.5) is 0 Å². The first-order valence-electron chi connectivity index (χ1n) is 8.18. The van der Waals surface area contributed by atoms with E-state index in [9.17, 15) is 9.59 Å². The number of rotatable bonds is 3. The summed E-state index contributed by atoms with van der Waals surface area (Å²) in [6, 6.07) is 1.83. The summed E-state index contributed by atoms with van der Waals surface area (Å²) in [4.78, 5) is 26.8. The Morgan fingerprint density at radius 3 is 2.87 bits per heavy atom. The lowest BCUT2D eigenvalue weighted by atomic mass is 9.82. The highest BCUT2D eigenvalue weighted by Crippen LogP contribution is 2.34. The molecule has 2 aliphatic heterocycles. The number of amides is 2. The minimum absolute atomic E-state index is 0.00231. The third-order valence-electron chi connectivity index (χ3n) is 4.93. The molecule has 1 aromatic heterocycles. The molecule has 2 fully saturated rings. The summed E-state index contributed by atoms with van der Waals surface area (Å²) in [6.07, 6.45) is 0. The number of aryl methyl sites for hydroxylation is 2. The maximum Gasteiger partial charge on any atom is 0.272 e. The van der Waals surface area contributed by atoms with Crippen LogP contribution in [0.2, 0.25) is 0 Å². The van der Waals surface area contributed by atoms with Crippen molar-refractivity contribution in [3.8, 4) is 0 Å². The Hall–Kier alpha value is -1.89. The number of hydrogen-bond donors (Lipinski definition) is 1. The van der Waals surface area contributed by atoms with Crippen molar-refractivity contribution < 1.29 is 14.3 Å². The fourth-order valence-electron chi connectivity index (χ4n) is 3.74. The van der Waals surface area contributed by atoms with Gasteiger partial charge in [0.05, 0.1) is 24.8 Å². The van der Waals surface area contributed by atoms with Crippen molar-refractivity contribution in [2.45, 2.75) is 20.4 Å². The number of carbonyl (C=O) groups excluding carboxylic acids is 2. The van der Waals surface area contributed by atoms with Crippen molar-refractivity contribution in [3.05, 3.63) is 17.5 Å². The molecule has 0 aromatic carbocycles. The van der Waals surface area contributed by atoms with Gasteiger partial charge < -0.3 is 15.0 Å². The van der Waals surface area contributed by atoms with Gasteiger partial charge in [-0.05, 0) is 25.8 Å². The van der Waals surface area contributed by atoms with Crippen LogP contribution in [0, 0.1) is 24.7 Å². The van der Waals surface area contributed by atoms with E-state index in [0.717, 1.165) is 5.69 Å². The number of aromatic nitrogens is 2. The van der Waals surface area contributed by atoms with Crippen LogP contribution in [-0.2, 0) is 16.1 Å². The lowest BCUT2D eigenvalue weighted by Gasteiger charge is -2.31. The first-order valence-corrected chi connectivity index (χ1v) is 8.18. The van der Waals surface area contributed by atoms with Gasteiger partial charge in [0.15, 0.2) is 0 Å². The minimum Gasteiger partial charge on any atom is -0.380 e. The molecule has 0 spiro atoms. The molecule has 1 aromatic rings. The van der Waals surface area contributed by atoms with Crippen molar-refractivity contribution in [1.82, 2.24) is 20.0 Å². The van der Waals surface area contributed by atoms with Crippen LogP contribution < -0.4 is 5.32 Å². The maximum atomic E-state index is 12.9. The molecule has 0 bridgehead atoms. The molecule has 0 saturated carbocycles. The van der Waals surface area contributed by atoms with Gasteiger partial charge in [0.25, 0.3) is 5.91 Å². The van der Waals surface area contributed by atoms with Crippen molar-refractivity contribution in [3.63, 3.8) is 0 Å². The van der Waals surface area contributed by atoms with Crippen molar-refractivity contribution in [2.24, 2.45) is 17.8 Å². The van der Waals surface area contributed by atoms with Crippen LogP contribution in [-0.4, -0.2) is 59.8 Å². The number of hydrogen-bond acceptors (Lipinski definition) is 4. The van der Waals surface area contributed by atoms with Gasteiger partial charge in [-0.3, -0.25) is 14.3 Å². The van der Waals surface area contributed by atoms with E-state index < -0.39 is 0 Å². The maximum absolute atomic E-state index is 12.9. The van der Waals surface area contributed by atoms with Gasteiger partial charge in [-0.2, -0.15) is 5.10 Å². The van der Waals surface area contributed by atoms with E-state index in [1.807, 2.05) is 24.8 Å². The molecule has 1 N–H and O–H groups in total. The van der Waals surface area contributed by atoms with Crippen LogP contribution >= 0.6 is 0 Å². The third-order valence-corrected chi connectivity index (χ3v) is 4.93. The molecule has 3 rings (SSSR count). The summed E-state index contributed by atoms with van der Waals surface area (Å²) in [5, 5.41) is 7.06. The molecule has 7 heteroatoms. The van der Waals surface area contributed by atoms with E-state index in [0.29, 0.717) is 38.5 Å². The molecular formula is C16H24N4O3.